The van der Waals surface area contributed by atoms with Crippen molar-refractivity contribution in [1.29, 1.82) is 0 Å². The number of carbonyl (C=O) groups is 2. The highest BCUT2D eigenvalue weighted by molar-refractivity contribution is 5.98. The van der Waals surface area contributed by atoms with Gasteiger partial charge in [-0.2, -0.15) is 0 Å². The summed E-state index contributed by atoms with van der Waals surface area (Å²) >= 11 is 0. The molecule has 1 spiro atoms. The zero-order valence-electron chi connectivity index (χ0n) is 24.2. The molecule has 7 nitrogen and oxygen atoms in total. The first-order chi connectivity index (χ1) is 19.1. The number of nitrogens with zero attached hydrogens (tertiary/aromatic N) is 1. The van der Waals surface area contributed by atoms with E-state index < -0.39 is 11.8 Å². The quantitative estimate of drug-likeness (QED) is 0.319. The van der Waals surface area contributed by atoms with Gasteiger partial charge in [0.05, 0.1) is 35.9 Å². The Labute approximate surface area is 235 Å². The molecule has 1 aromatic carbocycles. The van der Waals surface area contributed by atoms with Crippen molar-refractivity contribution in [3.8, 4) is 0 Å². The number of hydrogen-bond donors (Lipinski definition) is 1. The molecule has 3 heterocycles. The maximum atomic E-state index is 12.8. The van der Waals surface area contributed by atoms with Gasteiger partial charge in [0.2, 0.25) is 5.79 Å². The van der Waals surface area contributed by atoms with Gasteiger partial charge in [-0.1, -0.05) is 28.9 Å². The van der Waals surface area contributed by atoms with Gasteiger partial charge in [0, 0.05) is 17.9 Å². The molecule has 210 valence electrons. The Morgan fingerprint density at radius 3 is 2.73 bits per heavy atom. The number of aromatic amines is 1. The van der Waals surface area contributed by atoms with Crippen molar-refractivity contribution in [2.24, 2.45) is 5.92 Å². The molecule has 0 saturated carbocycles. The van der Waals surface area contributed by atoms with Crippen LogP contribution in [-0.2, 0) is 19.0 Å². The molecule has 0 radical (unpaired) electrons. The van der Waals surface area contributed by atoms with E-state index in [0.29, 0.717) is 28.9 Å². The first kappa shape index (κ1) is 28.0. The summed E-state index contributed by atoms with van der Waals surface area (Å²) in [5.74, 6) is -0.970. The minimum atomic E-state index is -1.09. The smallest absolute Gasteiger partial charge is 0.337 e. The molecular weight excluding hydrogens is 504 g/mol. The van der Waals surface area contributed by atoms with Crippen molar-refractivity contribution in [2.75, 3.05) is 7.11 Å². The number of H-pyrrole nitrogens is 1. The number of hydrogen-bond acceptors (Lipinski definition) is 6. The fraction of sp³-hybridized carbons (Fsp3) is 0.424. The number of rotatable bonds is 6. The SMILES string of the molecule is COC(=O)c1ccc2nc(C3=C[C@]4(C=C(C)C[C@@H](C=C(C)CCC=C(C)C)O4)O[C@@H]4C=C(C)C(=O)C[C@H]34)[nH]c2c1. The highest BCUT2D eigenvalue weighted by Crippen LogP contribution is 2.45. The number of imidazole rings is 1. The molecule has 40 heavy (non-hydrogen) atoms. The second-order valence-corrected chi connectivity index (χ2v) is 11.5. The van der Waals surface area contributed by atoms with Crippen molar-refractivity contribution in [1.82, 2.24) is 9.97 Å². The van der Waals surface area contributed by atoms with E-state index >= 15 is 0 Å². The first-order valence-electron chi connectivity index (χ1n) is 13.9. The number of methoxy groups -OCH3 is 1. The highest BCUT2D eigenvalue weighted by atomic mass is 16.7. The van der Waals surface area contributed by atoms with Crippen molar-refractivity contribution < 1.29 is 23.8 Å². The Kier molecular flexibility index (Phi) is 7.80. The Balaban J connectivity index is 1.54. The molecule has 7 heteroatoms. The van der Waals surface area contributed by atoms with Crippen LogP contribution < -0.4 is 0 Å². The Morgan fingerprint density at radius 2 is 1.98 bits per heavy atom. The summed E-state index contributed by atoms with van der Waals surface area (Å²) in [6.45, 7) is 10.3. The first-order valence-corrected chi connectivity index (χ1v) is 13.9. The molecule has 0 unspecified atom stereocenters. The number of ether oxygens (including phenoxy) is 3. The number of esters is 1. The fourth-order valence-corrected chi connectivity index (χ4v) is 5.79. The van der Waals surface area contributed by atoms with Crippen LogP contribution in [0.4, 0.5) is 0 Å². The van der Waals surface area contributed by atoms with E-state index in [2.05, 4.69) is 44.8 Å². The molecule has 2 aromatic rings. The maximum Gasteiger partial charge on any atom is 0.337 e. The monoisotopic (exact) mass is 542 g/mol. The summed E-state index contributed by atoms with van der Waals surface area (Å²) in [5, 5.41) is 0. The lowest BCUT2D eigenvalue weighted by Gasteiger charge is -2.45. The largest absolute Gasteiger partial charge is 0.465 e. The Hall–Kier alpha value is -3.55. The average molecular weight is 543 g/mol. The summed E-state index contributed by atoms with van der Waals surface area (Å²) in [4.78, 5) is 33.1. The lowest BCUT2D eigenvalue weighted by Crippen LogP contribution is -2.48. The van der Waals surface area contributed by atoms with E-state index in [0.717, 1.165) is 30.4 Å². The number of ketones is 1. The van der Waals surface area contributed by atoms with Crippen LogP contribution in [0.5, 0.6) is 0 Å². The highest BCUT2D eigenvalue weighted by Gasteiger charge is 2.46. The van der Waals surface area contributed by atoms with Crippen molar-refractivity contribution >= 4 is 28.4 Å². The average Bonchev–Trinajstić information content (AvgIpc) is 3.31. The minimum absolute atomic E-state index is 0.0971. The predicted octanol–water partition coefficient (Wildman–Crippen LogP) is 6.79. The van der Waals surface area contributed by atoms with Crippen molar-refractivity contribution in [3.05, 3.63) is 82.3 Å². The summed E-state index contributed by atoms with van der Waals surface area (Å²) in [6, 6.07) is 5.23. The maximum absolute atomic E-state index is 12.8. The van der Waals surface area contributed by atoms with Crippen LogP contribution in [0.15, 0.2) is 70.9 Å². The van der Waals surface area contributed by atoms with Gasteiger partial charge in [0.25, 0.3) is 0 Å². The van der Waals surface area contributed by atoms with Gasteiger partial charge in [0.15, 0.2) is 5.78 Å². The van der Waals surface area contributed by atoms with Gasteiger partial charge in [-0.25, -0.2) is 9.78 Å². The second-order valence-electron chi connectivity index (χ2n) is 11.5. The molecule has 0 saturated heterocycles. The third kappa shape index (κ3) is 5.81. The van der Waals surface area contributed by atoms with Crippen LogP contribution in [0, 0.1) is 5.92 Å². The number of allylic oxidation sites excluding steroid dienone is 4. The van der Waals surface area contributed by atoms with Gasteiger partial charge in [-0.3, -0.25) is 4.79 Å². The van der Waals surface area contributed by atoms with Crippen molar-refractivity contribution in [3.63, 3.8) is 0 Å². The summed E-state index contributed by atoms with van der Waals surface area (Å²) < 4.78 is 18.3. The molecule has 2 aliphatic heterocycles. The second kappa shape index (κ2) is 11.1. The van der Waals surface area contributed by atoms with E-state index in [1.54, 1.807) is 18.2 Å². The van der Waals surface area contributed by atoms with Crippen molar-refractivity contribution in [2.45, 2.75) is 78.3 Å². The lowest BCUT2D eigenvalue weighted by atomic mass is 9.78. The van der Waals surface area contributed by atoms with Gasteiger partial charge in [-0.15, -0.1) is 0 Å². The van der Waals surface area contributed by atoms with Gasteiger partial charge < -0.3 is 19.2 Å². The molecule has 1 aromatic heterocycles. The number of Topliss-reactive ketones (excluding diaryl/α,β-unsaturated/α-hetero) is 1. The topological polar surface area (TPSA) is 90.5 Å². The summed E-state index contributed by atoms with van der Waals surface area (Å²) in [6.07, 6.45) is 13.0. The van der Waals surface area contributed by atoms with Crippen LogP contribution in [0.25, 0.3) is 16.6 Å². The Morgan fingerprint density at radius 1 is 1.18 bits per heavy atom. The zero-order chi connectivity index (χ0) is 28.6. The van der Waals surface area contributed by atoms with E-state index in [1.807, 2.05) is 25.2 Å². The van der Waals surface area contributed by atoms with E-state index in [9.17, 15) is 9.59 Å². The number of carbonyl (C=O) groups excluding carboxylic acids is 2. The van der Waals surface area contributed by atoms with Crippen LogP contribution in [0.2, 0.25) is 0 Å². The van der Waals surface area contributed by atoms with E-state index in [4.69, 9.17) is 19.2 Å². The lowest BCUT2D eigenvalue weighted by molar-refractivity contribution is -0.220. The van der Waals surface area contributed by atoms with Crippen LogP contribution in [-0.4, -0.2) is 46.8 Å². The normalized spacial score (nSPS) is 26.6. The van der Waals surface area contributed by atoms with Crippen LogP contribution in [0.1, 0.15) is 76.5 Å². The standard InChI is InChI=1S/C33H38N2O5/c1-19(2)8-7-9-20(3)12-24-13-21(4)17-33(39-24)18-26(25-16-29(36)22(5)14-30(25)40-33)31-34-27-11-10-23(32(37)38-6)15-28(27)35-31/h8,10-12,14-15,17-18,24-25,30H,7,9,13,16H2,1-6H3,(H,34,35)/t24-,25-,30-,33+/m1/s1. The minimum Gasteiger partial charge on any atom is -0.465 e. The van der Waals surface area contributed by atoms with E-state index in [1.165, 1.54) is 23.8 Å². The van der Waals surface area contributed by atoms with Crippen LogP contribution >= 0.6 is 0 Å². The van der Waals surface area contributed by atoms with Gasteiger partial charge in [-0.05, 0) is 95.9 Å². The third-order valence-corrected chi connectivity index (χ3v) is 7.78. The molecule has 1 aliphatic carbocycles. The van der Waals surface area contributed by atoms with Gasteiger partial charge >= 0.3 is 5.97 Å². The molecule has 4 atom stereocenters. The molecular formula is C33H38N2O5. The molecule has 1 N–H and O–H groups in total. The predicted molar refractivity (Wildman–Crippen MR) is 156 cm³/mol. The molecule has 3 aliphatic rings. The van der Waals surface area contributed by atoms with Crippen LogP contribution in [0.3, 0.4) is 0 Å². The fourth-order valence-electron chi connectivity index (χ4n) is 5.79. The van der Waals surface area contributed by atoms with Gasteiger partial charge in [0.1, 0.15) is 5.82 Å². The number of fused-ring (bicyclic) bond motifs is 2. The van der Waals surface area contributed by atoms with E-state index in [-0.39, 0.29) is 23.9 Å². The Bertz CT molecular complexity index is 1500. The molecule has 5 rings (SSSR count). The summed E-state index contributed by atoms with van der Waals surface area (Å²) in [5.41, 5.74) is 7.24. The number of benzene rings is 1. The molecule has 0 bridgehead atoms. The summed E-state index contributed by atoms with van der Waals surface area (Å²) in [7, 11) is 1.36. The number of nitrogens with one attached hydrogen (secondary N) is 1. The third-order valence-electron chi connectivity index (χ3n) is 7.78. The zero-order valence-corrected chi connectivity index (χ0v) is 24.2. The molecule has 0 amide bonds. The number of aromatic nitrogens is 2. The molecule has 0 fully saturated rings.